The van der Waals surface area contributed by atoms with Crippen molar-refractivity contribution in [1.82, 2.24) is 9.88 Å². The summed E-state index contributed by atoms with van der Waals surface area (Å²) in [5.74, 6) is -4.54. The number of esters is 1. The SMILES string of the molecule is CCOC(=O)c1ccc(NC(=O)COc2ccccc2[C@H]2c3sc(=O)[nH]c3SC3C4CC(C5C(=O)N(C(C)C(=O)O)C(=O)C45)C32)cc1. The first kappa shape index (κ1) is 31.2. The molecular formula is C33H31N3O9S2. The van der Waals surface area contributed by atoms with E-state index >= 15 is 0 Å². The highest BCUT2D eigenvalue weighted by Crippen LogP contribution is 2.69. The molecule has 14 heteroatoms. The summed E-state index contributed by atoms with van der Waals surface area (Å²) in [7, 11) is 0. The van der Waals surface area contributed by atoms with Gasteiger partial charge in [0.15, 0.2) is 6.61 Å². The van der Waals surface area contributed by atoms with Gasteiger partial charge in [-0.3, -0.25) is 24.1 Å². The number of likely N-dealkylation sites (tertiary alicyclic amines) is 1. The largest absolute Gasteiger partial charge is 0.483 e. The fourth-order valence-electron chi connectivity index (χ4n) is 7.99. The molecule has 1 saturated heterocycles. The van der Waals surface area contributed by atoms with Crippen LogP contribution in [-0.4, -0.2) is 69.2 Å². The Morgan fingerprint density at radius 2 is 1.74 bits per heavy atom. The summed E-state index contributed by atoms with van der Waals surface area (Å²) in [6.07, 6.45) is 0.653. The fraction of sp³-hybridized carbons (Fsp3) is 0.394. The molecule has 7 unspecified atom stereocenters. The van der Waals surface area contributed by atoms with Gasteiger partial charge in [0, 0.05) is 27.3 Å². The Balaban J connectivity index is 1.15. The number of ether oxygens (including phenoxy) is 2. The lowest BCUT2D eigenvalue weighted by Gasteiger charge is -2.43. The van der Waals surface area contributed by atoms with E-state index in [0.717, 1.165) is 31.7 Å². The van der Waals surface area contributed by atoms with Crippen molar-refractivity contribution >= 4 is 58.4 Å². The van der Waals surface area contributed by atoms with Crippen LogP contribution in [0.25, 0.3) is 0 Å². The number of imide groups is 1. The maximum Gasteiger partial charge on any atom is 0.338 e. The number of H-pyrrole nitrogens is 1. The third-order valence-corrected chi connectivity index (χ3v) is 12.4. The molecule has 2 aromatic carbocycles. The number of thiazole rings is 1. The molecule has 2 aliphatic carbocycles. The molecule has 3 N–H and O–H groups in total. The van der Waals surface area contributed by atoms with Crippen molar-refractivity contribution in [1.29, 1.82) is 0 Å². The zero-order chi connectivity index (χ0) is 33.1. The number of amides is 3. The standard InChI is InChI=1S/C33H31N3O9S2/c1-3-44-32(42)15-8-10-16(11-9-15)34-21(37)13-45-20-7-5-4-6-17(20)22-23-18-12-19(26(23)46-28-27(22)47-33(43)35-28)25-24(18)29(38)36(30(25)39)14(2)31(40)41/h4-11,14,18-19,22-26H,3,12-13H2,1-2H3,(H,34,37)(H,35,43)(H,40,41)/t14?,18?,19?,22-,23?,24?,25?,26?/m1/s1. The molecule has 7 rings (SSSR count). The van der Waals surface area contributed by atoms with Crippen LogP contribution < -0.4 is 14.9 Å². The number of nitrogens with zero attached hydrogens (tertiary/aromatic N) is 1. The van der Waals surface area contributed by atoms with E-state index < -0.39 is 47.5 Å². The normalized spacial score (nSPS) is 27.5. The molecule has 3 aromatic rings. The van der Waals surface area contributed by atoms with E-state index in [-0.39, 0.29) is 47.0 Å². The van der Waals surface area contributed by atoms with Crippen LogP contribution in [0.5, 0.6) is 5.75 Å². The zero-order valence-corrected chi connectivity index (χ0v) is 27.0. The van der Waals surface area contributed by atoms with Gasteiger partial charge in [-0.15, -0.1) is 11.8 Å². The third-order valence-electron chi connectivity index (χ3n) is 9.80. The van der Waals surface area contributed by atoms with Crippen LogP contribution in [0.4, 0.5) is 5.69 Å². The predicted octanol–water partition coefficient (Wildman–Crippen LogP) is 3.58. The van der Waals surface area contributed by atoms with Gasteiger partial charge >= 0.3 is 16.8 Å². The van der Waals surface area contributed by atoms with Crippen LogP contribution in [0.2, 0.25) is 0 Å². The highest BCUT2D eigenvalue weighted by atomic mass is 32.2. The summed E-state index contributed by atoms with van der Waals surface area (Å²) in [6.45, 7) is 3.02. The summed E-state index contributed by atoms with van der Waals surface area (Å²) in [5, 5.41) is 13.0. The number of rotatable bonds is 9. The van der Waals surface area contributed by atoms with Gasteiger partial charge in [0.1, 0.15) is 11.8 Å². The maximum atomic E-state index is 13.7. The highest BCUT2D eigenvalue weighted by Gasteiger charge is 2.70. The lowest BCUT2D eigenvalue weighted by atomic mass is 9.68. The molecule has 0 spiro atoms. The number of aromatic amines is 1. The number of aliphatic carboxylic acids is 1. The van der Waals surface area contributed by atoms with Crippen molar-refractivity contribution in [2.45, 2.75) is 42.5 Å². The Kier molecular flexibility index (Phi) is 7.95. The van der Waals surface area contributed by atoms with E-state index in [1.807, 2.05) is 12.1 Å². The van der Waals surface area contributed by atoms with E-state index in [0.29, 0.717) is 23.4 Å². The Morgan fingerprint density at radius 1 is 1.04 bits per heavy atom. The van der Waals surface area contributed by atoms with E-state index in [4.69, 9.17) is 9.47 Å². The molecule has 2 bridgehead atoms. The first-order valence-corrected chi connectivity index (χ1v) is 17.1. The number of para-hydroxylation sites is 1. The predicted molar refractivity (Wildman–Crippen MR) is 170 cm³/mol. The quantitative estimate of drug-likeness (QED) is 0.225. The number of hydrogen-bond donors (Lipinski definition) is 3. The minimum Gasteiger partial charge on any atom is -0.483 e. The van der Waals surface area contributed by atoms with Crippen LogP contribution in [0.15, 0.2) is 58.4 Å². The number of anilines is 1. The van der Waals surface area contributed by atoms with Gasteiger partial charge in [0.2, 0.25) is 11.8 Å². The molecule has 3 fully saturated rings. The molecular weight excluding hydrogens is 647 g/mol. The van der Waals surface area contributed by atoms with Crippen molar-refractivity contribution in [3.05, 3.63) is 74.2 Å². The third kappa shape index (κ3) is 5.14. The average molecular weight is 678 g/mol. The van der Waals surface area contributed by atoms with Gasteiger partial charge in [-0.25, -0.2) is 9.59 Å². The zero-order valence-electron chi connectivity index (χ0n) is 25.3. The molecule has 0 radical (unpaired) electrons. The number of nitrogens with one attached hydrogen (secondary N) is 2. The van der Waals surface area contributed by atoms with E-state index in [2.05, 4.69) is 10.3 Å². The van der Waals surface area contributed by atoms with Crippen LogP contribution in [0, 0.1) is 29.6 Å². The lowest BCUT2D eigenvalue weighted by molar-refractivity contribution is -0.154. The fourth-order valence-corrected chi connectivity index (χ4v) is 10.9. The van der Waals surface area contributed by atoms with Gasteiger partial charge in [-0.1, -0.05) is 29.5 Å². The van der Waals surface area contributed by atoms with Gasteiger partial charge in [0.05, 0.1) is 29.0 Å². The second-order valence-corrected chi connectivity index (χ2v) is 14.4. The number of fused-ring (bicyclic) bond motifs is 9. The summed E-state index contributed by atoms with van der Waals surface area (Å²) < 4.78 is 11.1. The topological polar surface area (TPSA) is 172 Å². The van der Waals surface area contributed by atoms with E-state index in [1.54, 1.807) is 43.3 Å². The average Bonchev–Trinajstić information content (AvgIpc) is 3.79. The van der Waals surface area contributed by atoms with Crippen molar-refractivity contribution in [3.63, 3.8) is 0 Å². The van der Waals surface area contributed by atoms with Gasteiger partial charge in [0.25, 0.3) is 5.91 Å². The summed E-state index contributed by atoms with van der Waals surface area (Å²) in [4.78, 5) is 81.0. The van der Waals surface area contributed by atoms with E-state index in [9.17, 15) is 33.9 Å². The Labute approximate surface area is 276 Å². The smallest absolute Gasteiger partial charge is 0.338 e. The van der Waals surface area contributed by atoms with Gasteiger partial charge in [-0.05, 0) is 68.4 Å². The maximum absolute atomic E-state index is 13.7. The Hall–Kier alpha value is -4.43. The summed E-state index contributed by atoms with van der Waals surface area (Å²) in [6, 6.07) is 12.4. The lowest BCUT2D eigenvalue weighted by Crippen LogP contribution is -2.44. The molecule has 4 aliphatic rings. The molecule has 2 saturated carbocycles. The summed E-state index contributed by atoms with van der Waals surface area (Å²) in [5.41, 5.74) is 1.61. The van der Waals surface area contributed by atoms with E-state index in [1.165, 1.54) is 18.7 Å². The number of carboxylic acid groups (broad SMARTS) is 1. The molecule has 244 valence electrons. The van der Waals surface area contributed by atoms with Crippen LogP contribution >= 0.6 is 23.1 Å². The van der Waals surface area contributed by atoms with Crippen LogP contribution in [-0.2, 0) is 23.9 Å². The highest BCUT2D eigenvalue weighted by molar-refractivity contribution is 8.00. The minimum absolute atomic E-state index is 0.0882. The summed E-state index contributed by atoms with van der Waals surface area (Å²) >= 11 is 2.64. The Morgan fingerprint density at radius 3 is 2.45 bits per heavy atom. The number of thioether (sulfide) groups is 1. The van der Waals surface area contributed by atoms with Crippen molar-refractivity contribution in [2.75, 3.05) is 18.5 Å². The van der Waals surface area contributed by atoms with Gasteiger partial charge < -0.3 is 24.9 Å². The first-order chi connectivity index (χ1) is 22.6. The van der Waals surface area contributed by atoms with Crippen LogP contribution in [0.3, 0.4) is 0 Å². The molecule has 12 nitrogen and oxygen atoms in total. The molecule has 8 atom stereocenters. The number of carboxylic acids is 1. The molecule has 3 amide bonds. The molecule has 1 aromatic heterocycles. The van der Waals surface area contributed by atoms with Crippen molar-refractivity contribution in [3.8, 4) is 5.75 Å². The van der Waals surface area contributed by atoms with Crippen molar-refractivity contribution < 1.29 is 38.6 Å². The molecule has 47 heavy (non-hydrogen) atoms. The van der Waals surface area contributed by atoms with Crippen molar-refractivity contribution in [2.24, 2.45) is 29.6 Å². The number of carbonyl (C=O) groups is 5. The van der Waals surface area contributed by atoms with Gasteiger partial charge in [-0.2, -0.15) is 0 Å². The number of hydrogen-bond acceptors (Lipinski definition) is 10. The number of aromatic nitrogens is 1. The number of benzene rings is 2. The molecule has 3 heterocycles. The molecule has 2 aliphatic heterocycles. The van der Waals surface area contributed by atoms with Crippen LogP contribution in [0.1, 0.15) is 47.0 Å². The first-order valence-electron chi connectivity index (χ1n) is 15.4. The minimum atomic E-state index is -1.25. The monoisotopic (exact) mass is 677 g/mol. The number of carbonyl (C=O) groups excluding carboxylic acids is 4. The second-order valence-electron chi connectivity index (χ2n) is 12.2. The Bertz CT molecular complexity index is 1850. The second kappa shape index (κ2) is 12.0.